The zero-order valence-electron chi connectivity index (χ0n) is 9.74. The topological polar surface area (TPSA) is 43.4 Å². The zero-order valence-corrected chi connectivity index (χ0v) is 12.9. The van der Waals surface area contributed by atoms with Crippen LogP contribution >= 0.6 is 24.0 Å². The molecule has 0 spiro atoms. The van der Waals surface area contributed by atoms with Gasteiger partial charge in [-0.1, -0.05) is 35.9 Å². The molecular formula is C13H13IO3S. The zero-order chi connectivity index (χ0) is 12.3. The van der Waals surface area contributed by atoms with E-state index in [0.717, 1.165) is 5.56 Å². The fourth-order valence-electron chi connectivity index (χ4n) is 1.36. The summed E-state index contributed by atoms with van der Waals surface area (Å²) in [6.07, 6.45) is 0. The Labute approximate surface area is 124 Å². The minimum absolute atomic E-state index is 0. The molecule has 0 heterocycles. The van der Waals surface area contributed by atoms with Gasteiger partial charge in [-0.05, 0) is 31.2 Å². The van der Waals surface area contributed by atoms with Crippen molar-refractivity contribution in [2.45, 2.75) is 11.8 Å². The lowest BCUT2D eigenvalue weighted by Crippen LogP contribution is -2.09. The first-order chi connectivity index (χ1) is 8.08. The third-order valence-electron chi connectivity index (χ3n) is 2.26. The van der Waals surface area contributed by atoms with Crippen molar-refractivity contribution in [1.29, 1.82) is 0 Å². The largest absolute Gasteiger partial charge is 0.379 e. The van der Waals surface area contributed by atoms with Crippen LogP contribution in [0, 0.1) is 6.92 Å². The summed E-state index contributed by atoms with van der Waals surface area (Å²) in [5, 5.41) is 0. The van der Waals surface area contributed by atoms with Crippen LogP contribution in [-0.2, 0) is 10.1 Å². The molecule has 0 bridgehead atoms. The smallest absolute Gasteiger partial charge is 0.339 e. The number of hydrogen-bond acceptors (Lipinski definition) is 3. The second-order valence-corrected chi connectivity index (χ2v) is 5.21. The Balaban J connectivity index is 0.00000162. The van der Waals surface area contributed by atoms with Gasteiger partial charge in [0, 0.05) is 0 Å². The molecular weight excluding hydrogens is 363 g/mol. The molecule has 5 heteroatoms. The average Bonchev–Trinajstić information content (AvgIpc) is 2.30. The summed E-state index contributed by atoms with van der Waals surface area (Å²) in [4.78, 5) is 0.159. The van der Waals surface area contributed by atoms with E-state index in [9.17, 15) is 8.42 Å². The first-order valence-corrected chi connectivity index (χ1v) is 6.55. The van der Waals surface area contributed by atoms with Gasteiger partial charge in [0.2, 0.25) is 0 Å². The third kappa shape index (κ3) is 3.71. The highest BCUT2D eigenvalue weighted by Crippen LogP contribution is 2.18. The van der Waals surface area contributed by atoms with E-state index in [2.05, 4.69) is 0 Å². The van der Waals surface area contributed by atoms with Crippen LogP contribution in [-0.4, -0.2) is 8.42 Å². The molecule has 0 saturated carbocycles. The van der Waals surface area contributed by atoms with Crippen molar-refractivity contribution in [1.82, 2.24) is 0 Å². The number of halogens is 1. The van der Waals surface area contributed by atoms with Crippen LogP contribution in [0.4, 0.5) is 0 Å². The molecule has 2 rings (SSSR count). The first kappa shape index (κ1) is 15.0. The standard InChI is InChI=1S/C13H12O3S.HI/c1-11-7-9-13(10-8-11)17(14,15)16-12-5-3-2-4-6-12;/h2-10H,1H3;1H. The van der Waals surface area contributed by atoms with Crippen LogP contribution in [0.2, 0.25) is 0 Å². The summed E-state index contributed by atoms with van der Waals surface area (Å²) in [6.45, 7) is 1.90. The van der Waals surface area contributed by atoms with Crippen molar-refractivity contribution >= 4 is 34.1 Å². The Hall–Kier alpha value is -1.08. The minimum atomic E-state index is -3.73. The quantitative estimate of drug-likeness (QED) is 0.610. The molecule has 0 aromatic heterocycles. The summed E-state index contributed by atoms with van der Waals surface area (Å²) < 4.78 is 28.8. The van der Waals surface area contributed by atoms with Gasteiger partial charge in [0.1, 0.15) is 10.6 Å². The molecule has 0 aliphatic carbocycles. The molecule has 0 unspecified atom stereocenters. The first-order valence-electron chi connectivity index (χ1n) is 5.14. The fraction of sp³-hybridized carbons (Fsp3) is 0.0769. The third-order valence-corrected chi connectivity index (χ3v) is 3.52. The minimum Gasteiger partial charge on any atom is -0.379 e. The van der Waals surface area contributed by atoms with Gasteiger partial charge in [-0.25, -0.2) is 0 Å². The Morgan fingerprint density at radius 1 is 0.889 bits per heavy atom. The van der Waals surface area contributed by atoms with Crippen LogP contribution in [0.25, 0.3) is 0 Å². The van der Waals surface area contributed by atoms with Crippen molar-refractivity contribution in [3.8, 4) is 5.75 Å². The highest BCUT2D eigenvalue weighted by atomic mass is 127. The molecule has 0 fully saturated rings. The predicted molar refractivity (Wildman–Crippen MR) is 80.8 cm³/mol. The Morgan fingerprint density at radius 3 is 2.00 bits per heavy atom. The molecule has 0 aliphatic heterocycles. The Morgan fingerprint density at radius 2 is 1.44 bits per heavy atom. The average molecular weight is 376 g/mol. The van der Waals surface area contributed by atoms with Crippen molar-refractivity contribution in [2.24, 2.45) is 0 Å². The fourth-order valence-corrected chi connectivity index (χ4v) is 2.29. The van der Waals surface area contributed by atoms with E-state index in [4.69, 9.17) is 4.18 Å². The van der Waals surface area contributed by atoms with Gasteiger partial charge in [-0.15, -0.1) is 24.0 Å². The number of benzene rings is 2. The molecule has 18 heavy (non-hydrogen) atoms. The molecule has 0 aliphatic rings. The van der Waals surface area contributed by atoms with Gasteiger partial charge in [0.05, 0.1) is 0 Å². The Bertz CT molecular complexity index is 592. The van der Waals surface area contributed by atoms with E-state index < -0.39 is 10.1 Å². The molecule has 0 radical (unpaired) electrons. The van der Waals surface area contributed by atoms with Crippen molar-refractivity contribution in [3.63, 3.8) is 0 Å². The molecule has 3 nitrogen and oxygen atoms in total. The summed E-state index contributed by atoms with van der Waals surface area (Å²) in [5.74, 6) is 0.313. The lowest BCUT2D eigenvalue weighted by Gasteiger charge is -2.06. The highest BCUT2D eigenvalue weighted by molar-refractivity contribution is 14.0. The molecule has 0 amide bonds. The second-order valence-electron chi connectivity index (χ2n) is 3.66. The van der Waals surface area contributed by atoms with E-state index in [-0.39, 0.29) is 28.9 Å². The van der Waals surface area contributed by atoms with Crippen LogP contribution < -0.4 is 4.18 Å². The predicted octanol–water partition coefficient (Wildman–Crippen LogP) is 3.38. The summed E-state index contributed by atoms with van der Waals surface area (Å²) >= 11 is 0. The monoisotopic (exact) mass is 376 g/mol. The summed E-state index contributed by atoms with van der Waals surface area (Å²) in [6, 6.07) is 15.0. The van der Waals surface area contributed by atoms with E-state index in [1.807, 2.05) is 6.92 Å². The number of rotatable bonds is 3. The molecule has 2 aromatic rings. The molecule has 0 atom stereocenters. The molecule has 96 valence electrons. The van der Waals surface area contributed by atoms with Crippen LogP contribution in [0.3, 0.4) is 0 Å². The number of para-hydroxylation sites is 1. The molecule has 2 aromatic carbocycles. The van der Waals surface area contributed by atoms with Crippen molar-refractivity contribution in [3.05, 3.63) is 60.2 Å². The Kier molecular flexibility index (Phi) is 5.15. The number of aryl methyl sites for hydroxylation is 1. The van der Waals surface area contributed by atoms with Gasteiger partial charge < -0.3 is 4.18 Å². The molecule has 0 N–H and O–H groups in total. The number of hydrogen-bond donors (Lipinski definition) is 0. The summed E-state index contributed by atoms with van der Waals surface area (Å²) in [7, 11) is -3.73. The van der Waals surface area contributed by atoms with Gasteiger partial charge in [-0.3, -0.25) is 0 Å². The van der Waals surface area contributed by atoms with Gasteiger partial charge >= 0.3 is 10.1 Å². The maximum absolute atomic E-state index is 11.9. The van der Waals surface area contributed by atoms with Gasteiger partial charge in [-0.2, -0.15) is 8.42 Å². The molecule has 0 saturated heterocycles. The normalized spacial score (nSPS) is 10.5. The van der Waals surface area contributed by atoms with Crippen molar-refractivity contribution in [2.75, 3.05) is 0 Å². The van der Waals surface area contributed by atoms with Gasteiger partial charge in [0.25, 0.3) is 0 Å². The van der Waals surface area contributed by atoms with Crippen LogP contribution in [0.1, 0.15) is 5.56 Å². The van der Waals surface area contributed by atoms with E-state index >= 15 is 0 Å². The van der Waals surface area contributed by atoms with E-state index in [1.54, 1.807) is 42.5 Å². The van der Waals surface area contributed by atoms with Crippen LogP contribution in [0.15, 0.2) is 59.5 Å². The maximum atomic E-state index is 11.9. The summed E-state index contributed by atoms with van der Waals surface area (Å²) in [5.41, 5.74) is 1.00. The van der Waals surface area contributed by atoms with Gasteiger partial charge in [0.15, 0.2) is 0 Å². The van der Waals surface area contributed by atoms with E-state index in [0.29, 0.717) is 5.75 Å². The lowest BCUT2D eigenvalue weighted by atomic mass is 10.2. The van der Waals surface area contributed by atoms with Crippen molar-refractivity contribution < 1.29 is 12.6 Å². The SMILES string of the molecule is Cc1ccc(S(=O)(=O)Oc2ccccc2)cc1.I. The highest BCUT2D eigenvalue weighted by Gasteiger charge is 2.15. The second kappa shape index (κ2) is 6.19. The van der Waals surface area contributed by atoms with Crippen LogP contribution in [0.5, 0.6) is 5.75 Å². The van der Waals surface area contributed by atoms with E-state index in [1.165, 1.54) is 12.1 Å². The maximum Gasteiger partial charge on any atom is 0.339 e. The lowest BCUT2D eigenvalue weighted by molar-refractivity contribution is 0.486.